The molecular formula is C14H22Cl2N2O2. The van der Waals surface area contributed by atoms with Gasteiger partial charge < -0.3 is 15.8 Å². The maximum absolute atomic E-state index is 12.0. The van der Waals surface area contributed by atoms with Crippen LogP contribution in [0.5, 0.6) is 5.75 Å². The van der Waals surface area contributed by atoms with E-state index in [4.69, 9.17) is 22.1 Å². The number of nitrogens with one attached hydrogen (secondary N) is 1. The largest absolute Gasteiger partial charge is 0.496 e. The number of carbonyl (C=O) groups is 1. The first kappa shape index (κ1) is 19.0. The normalized spacial score (nSPS) is 13.1. The molecule has 1 unspecified atom stereocenters. The molecule has 1 atom stereocenters. The highest BCUT2D eigenvalue weighted by Gasteiger charge is 2.26. The van der Waals surface area contributed by atoms with Gasteiger partial charge in [0.1, 0.15) is 5.75 Å². The van der Waals surface area contributed by atoms with E-state index >= 15 is 0 Å². The summed E-state index contributed by atoms with van der Waals surface area (Å²) in [5.74, 6) is 0.494. The molecule has 1 rings (SSSR count). The van der Waals surface area contributed by atoms with Gasteiger partial charge in [0.15, 0.2) is 0 Å². The molecule has 0 saturated heterocycles. The Hall–Kier alpha value is -0.970. The van der Waals surface area contributed by atoms with Crippen LogP contribution in [0, 0.1) is 0 Å². The lowest BCUT2D eigenvalue weighted by Crippen LogP contribution is -2.51. The van der Waals surface area contributed by atoms with E-state index in [2.05, 4.69) is 5.32 Å². The quantitative estimate of drug-likeness (QED) is 0.847. The number of rotatable bonds is 6. The minimum atomic E-state index is -0.839. The van der Waals surface area contributed by atoms with E-state index in [0.29, 0.717) is 23.7 Å². The Labute approximate surface area is 131 Å². The van der Waals surface area contributed by atoms with E-state index in [0.717, 1.165) is 12.0 Å². The van der Waals surface area contributed by atoms with Crippen LogP contribution in [0.3, 0.4) is 0 Å². The van der Waals surface area contributed by atoms with Gasteiger partial charge in [0.25, 0.3) is 0 Å². The highest BCUT2D eigenvalue weighted by molar-refractivity contribution is 6.30. The molecule has 0 aliphatic rings. The molecule has 4 nitrogen and oxygen atoms in total. The number of hydrogen-bond acceptors (Lipinski definition) is 3. The third-order valence-electron chi connectivity index (χ3n) is 2.98. The molecule has 3 N–H and O–H groups in total. The van der Waals surface area contributed by atoms with Gasteiger partial charge in [0.2, 0.25) is 5.91 Å². The number of amides is 1. The monoisotopic (exact) mass is 320 g/mol. The first-order chi connectivity index (χ1) is 8.90. The van der Waals surface area contributed by atoms with Crippen LogP contribution in [0.25, 0.3) is 0 Å². The fourth-order valence-electron chi connectivity index (χ4n) is 1.87. The van der Waals surface area contributed by atoms with Crippen LogP contribution in [-0.2, 0) is 11.3 Å². The molecule has 1 aromatic rings. The van der Waals surface area contributed by atoms with Crippen molar-refractivity contribution in [1.82, 2.24) is 5.32 Å². The van der Waals surface area contributed by atoms with Crippen LogP contribution in [0.1, 0.15) is 32.3 Å². The number of hydrogen-bond donors (Lipinski definition) is 2. The van der Waals surface area contributed by atoms with Crippen molar-refractivity contribution < 1.29 is 9.53 Å². The van der Waals surface area contributed by atoms with E-state index in [1.54, 1.807) is 26.2 Å². The van der Waals surface area contributed by atoms with Gasteiger partial charge in [-0.25, -0.2) is 0 Å². The molecule has 0 fully saturated rings. The van der Waals surface area contributed by atoms with Crippen LogP contribution < -0.4 is 15.8 Å². The molecule has 0 aliphatic heterocycles. The molecule has 0 spiro atoms. The third kappa shape index (κ3) is 5.19. The highest BCUT2D eigenvalue weighted by atomic mass is 35.5. The zero-order chi connectivity index (χ0) is 14.5. The predicted octanol–water partition coefficient (Wildman–Crippen LogP) is 2.90. The summed E-state index contributed by atoms with van der Waals surface area (Å²) >= 11 is 5.88. The van der Waals surface area contributed by atoms with Crippen LogP contribution >= 0.6 is 24.0 Å². The van der Waals surface area contributed by atoms with Gasteiger partial charge in [-0.05, 0) is 25.5 Å². The molecule has 0 radical (unpaired) electrons. The molecule has 114 valence electrons. The number of halogens is 2. The average Bonchev–Trinajstić information content (AvgIpc) is 2.36. The Balaban J connectivity index is 0.00000361. The zero-order valence-electron chi connectivity index (χ0n) is 12.0. The number of ether oxygens (including phenoxy) is 1. The fourth-order valence-corrected chi connectivity index (χ4v) is 2.04. The molecule has 0 heterocycles. The number of carbonyl (C=O) groups excluding carboxylic acids is 1. The van der Waals surface area contributed by atoms with Crippen molar-refractivity contribution in [3.05, 3.63) is 28.8 Å². The summed E-state index contributed by atoms with van der Waals surface area (Å²) < 4.78 is 5.22. The minimum absolute atomic E-state index is 0. The molecule has 0 aliphatic carbocycles. The molecule has 0 saturated carbocycles. The Morgan fingerprint density at radius 1 is 1.50 bits per heavy atom. The van der Waals surface area contributed by atoms with Crippen molar-refractivity contribution >= 4 is 29.9 Å². The second-order valence-electron chi connectivity index (χ2n) is 4.81. The van der Waals surface area contributed by atoms with E-state index in [9.17, 15) is 4.79 Å². The lowest BCUT2D eigenvalue weighted by molar-refractivity contribution is -0.126. The number of nitrogens with two attached hydrogens (primary N) is 1. The minimum Gasteiger partial charge on any atom is -0.496 e. The van der Waals surface area contributed by atoms with Gasteiger partial charge in [-0.3, -0.25) is 4.79 Å². The number of benzene rings is 1. The Morgan fingerprint density at radius 2 is 2.15 bits per heavy atom. The summed E-state index contributed by atoms with van der Waals surface area (Å²) in [6.07, 6.45) is 1.52. The van der Waals surface area contributed by atoms with Crippen LogP contribution in [0.2, 0.25) is 5.02 Å². The lowest BCUT2D eigenvalue weighted by atomic mass is 9.96. The van der Waals surface area contributed by atoms with Crippen molar-refractivity contribution in [2.24, 2.45) is 5.73 Å². The SMILES string of the molecule is CCCC(C)(N)C(=O)NCc1ccc(Cl)cc1OC.Cl. The summed E-state index contributed by atoms with van der Waals surface area (Å²) in [5.41, 5.74) is 5.99. The van der Waals surface area contributed by atoms with E-state index < -0.39 is 5.54 Å². The second-order valence-corrected chi connectivity index (χ2v) is 5.24. The van der Waals surface area contributed by atoms with Crippen molar-refractivity contribution in [3.63, 3.8) is 0 Å². The second kappa shape index (κ2) is 8.35. The van der Waals surface area contributed by atoms with Crippen molar-refractivity contribution in [2.75, 3.05) is 7.11 Å². The average molecular weight is 321 g/mol. The van der Waals surface area contributed by atoms with E-state index in [-0.39, 0.29) is 18.3 Å². The van der Waals surface area contributed by atoms with Crippen LogP contribution in [0.15, 0.2) is 18.2 Å². The van der Waals surface area contributed by atoms with Crippen molar-refractivity contribution in [1.29, 1.82) is 0 Å². The summed E-state index contributed by atoms with van der Waals surface area (Å²) in [6.45, 7) is 4.11. The number of methoxy groups -OCH3 is 1. The smallest absolute Gasteiger partial charge is 0.240 e. The standard InChI is InChI=1S/C14H21ClN2O2.ClH/c1-4-7-14(2,16)13(18)17-9-10-5-6-11(15)8-12(10)19-3;/h5-6,8H,4,7,9,16H2,1-3H3,(H,17,18);1H. The van der Waals surface area contributed by atoms with E-state index in [1.807, 2.05) is 13.0 Å². The summed E-state index contributed by atoms with van der Waals surface area (Å²) in [4.78, 5) is 12.0. The topological polar surface area (TPSA) is 64.4 Å². The molecule has 0 aromatic heterocycles. The Kier molecular flexibility index (Phi) is 7.94. The molecule has 6 heteroatoms. The molecule has 1 amide bonds. The maximum Gasteiger partial charge on any atom is 0.240 e. The van der Waals surface area contributed by atoms with E-state index in [1.165, 1.54) is 0 Å². The predicted molar refractivity (Wildman–Crippen MR) is 84.6 cm³/mol. The van der Waals surface area contributed by atoms with Gasteiger partial charge in [-0.1, -0.05) is 31.0 Å². The maximum atomic E-state index is 12.0. The van der Waals surface area contributed by atoms with Gasteiger partial charge in [0.05, 0.1) is 12.6 Å². The molecular weight excluding hydrogens is 299 g/mol. The summed E-state index contributed by atoms with van der Waals surface area (Å²) in [6, 6.07) is 5.31. The van der Waals surface area contributed by atoms with Crippen LogP contribution in [-0.4, -0.2) is 18.6 Å². The fraction of sp³-hybridized carbons (Fsp3) is 0.500. The summed E-state index contributed by atoms with van der Waals surface area (Å²) in [5, 5.41) is 3.43. The zero-order valence-corrected chi connectivity index (χ0v) is 13.6. The van der Waals surface area contributed by atoms with Gasteiger partial charge in [-0.2, -0.15) is 0 Å². The van der Waals surface area contributed by atoms with Crippen molar-refractivity contribution in [3.8, 4) is 5.75 Å². The highest BCUT2D eigenvalue weighted by Crippen LogP contribution is 2.23. The van der Waals surface area contributed by atoms with Crippen molar-refractivity contribution in [2.45, 2.75) is 38.8 Å². The van der Waals surface area contributed by atoms with Gasteiger partial charge in [0, 0.05) is 17.1 Å². The van der Waals surface area contributed by atoms with Gasteiger partial charge in [-0.15, -0.1) is 12.4 Å². The first-order valence-electron chi connectivity index (χ1n) is 6.30. The molecule has 1 aromatic carbocycles. The third-order valence-corrected chi connectivity index (χ3v) is 3.21. The van der Waals surface area contributed by atoms with Gasteiger partial charge >= 0.3 is 0 Å². The Bertz CT molecular complexity index is 451. The summed E-state index contributed by atoms with van der Waals surface area (Å²) in [7, 11) is 1.57. The molecule has 0 bridgehead atoms. The van der Waals surface area contributed by atoms with Crippen LogP contribution in [0.4, 0.5) is 0 Å². The Morgan fingerprint density at radius 3 is 2.70 bits per heavy atom. The lowest BCUT2D eigenvalue weighted by Gasteiger charge is -2.23. The molecule has 20 heavy (non-hydrogen) atoms. The first-order valence-corrected chi connectivity index (χ1v) is 6.68.